The fourth-order valence-corrected chi connectivity index (χ4v) is 3.52. The molecule has 3 rings (SSSR count). The lowest BCUT2D eigenvalue weighted by molar-refractivity contribution is -0.120. The van der Waals surface area contributed by atoms with Crippen LogP contribution in [0.3, 0.4) is 0 Å². The van der Waals surface area contributed by atoms with Crippen LogP contribution in [-0.2, 0) is 4.79 Å². The van der Waals surface area contributed by atoms with Gasteiger partial charge in [0.1, 0.15) is 0 Å². The van der Waals surface area contributed by atoms with Gasteiger partial charge in [0.25, 0.3) is 0 Å². The zero-order valence-electron chi connectivity index (χ0n) is 12.6. The van der Waals surface area contributed by atoms with Crippen LogP contribution in [0.25, 0.3) is 0 Å². The second-order valence-corrected chi connectivity index (χ2v) is 6.28. The summed E-state index contributed by atoms with van der Waals surface area (Å²) in [6.45, 7) is 1.30. The molecule has 0 bridgehead atoms. The SMILES string of the molecule is NC1CCN(CC(=O)NC2CCCCC2)c2ccccc21. The number of hydrogen-bond donors (Lipinski definition) is 2. The first-order valence-electron chi connectivity index (χ1n) is 8.13. The molecule has 0 aromatic heterocycles. The maximum atomic E-state index is 12.3. The average molecular weight is 287 g/mol. The van der Waals surface area contributed by atoms with Gasteiger partial charge in [-0.1, -0.05) is 37.5 Å². The summed E-state index contributed by atoms with van der Waals surface area (Å²) < 4.78 is 0. The summed E-state index contributed by atoms with van der Waals surface area (Å²) in [5.41, 5.74) is 8.44. The molecule has 21 heavy (non-hydrogen) atoms. The van der Waals surface area contributed by atoms with Crippen LogP contribution in [0.4, 0.5) is 5.69 Å². The van der Waals surface area contributed by atoms with Crippen molar-refractivity contribution in [1.82, 2.24) is 5.32 Å². The third kappa shape index (κ3) is 3.38. The summed E-state index contributed by atoms with van der Waals surface area (Å²) in [6.07, 6.45) is 6.97. The Balaban J connectivity index is 1.62. The number of para-hydroxylation sites is 1. The first-order chi connectivity index (χ1) is 10.2. The van der Waals surface area contributed by atoms with E-state index in [1.54, 1.807) is 0 Å². The quantitative estimate of drug-likeness (QED) is 0.897. The van der Waals surface area contributed by atoms with Crippen molar-refractivity contribution in [3.63, 3.8) is 0 Å². The van der Waals surface area contributed by atoms with Gasteiger partial charge < -0.3 is 16.0 Å². The number of carbonyl (C=O) groups is 1. The molecule has 1 heterocycles. The first-order valence-corrected chi connectivity index (χ1v) is 8.13. The molecule has 0 radical (unpaired) electrons. The Labute approximate surface area is 126 Å². The molecule has 4 heteroatoms. The van der Waals surface area contributed by atoms with Gasteiger partial charge in [-0.3, -0.25) is 4.79 Å². The van der Waals surface area contributed by atoms with Crippen molar-refractivity contribution >= 4 is 11.6 Å². The Kier molecular flexibility index (Phi) is 4.44. The van der Waals surface area contributed by atoms with Gasteiger partial charge in [-0.25, -0.2) is 0 Å². The fourth-order valence-electron chi connectivity index (χ4n) is 3.52. The van der Waals surface area contributed by atoms with Crippen LogP contribution in [0.5, 0.6) is 0 Å². The Morgan fingerprint density at radius 3 is 2.76 bits per heavy atom. The number of nitrogens with two attached hydrogens (primary N) is 1. The predicted octanol–water partition coefficient (Wildman–Crippen LogP) is 2.35. The second kappa shape index (κ2) is 6.48. The van der Waals surface area contributed by atoms with Crippen molar-refractivity contribution in [2.45, 2.75) is 50.6 Å². The predicted molar refractivity (Wildman–Crippen MR) is 85.2 cm³/mol. The van der Waals surface area contributed by atoms with Gasteiger partial charge in [0, 0.05) is 24.3 Å². The third-order valence-electron chi connectivity index (χ3n) is 4.69. The molecule has 1 atom stereocenters. The van der Waals surface area contributed by atoms with Crippen LogP contribution >= 0.6 is 0 Å². The molecule has 1 aliphatic heterocycles. The van der Waals surface area contributed by atoms with Crippen LogP contribution in [-0.4, -0.2) is 25.0 Å². The summed E-state index contributed by atoms with van der Waals surface area (Å²) in [7, 11) is 0. The van der Waals surface area contributed by atoms with Crippen molar-refractivity contribution < 1.29 is 4.79 Å². The maximum Gasteiger partial charge on any atom is 0.239 e. The Morgan fingerprint density at radius 1 is 1.19 bits per heavy atom. The molecule has 1 aromatic carbocycles. The van der Waals surface area contributed by atoms with Crippen molar-refractivity contribution in [1.29, 1.82) is 0 Å². The number of carbonyl (C=O) groups excluding carboxylic acids is 1. The Hall–Kier alpha value is -1.55. The highest BCUT2D eigenvalue weighted by Gasteiger charge is 2.24. The van der Waals surface area contributed by atoms with E-state index in [1.807, 2.05) is 12.1 Å². The van der Waals surface area contributed by atoms with E-state index in [2.05, 4.69) is 22.3 Å². The van der Waals surface area contributed by atoms with Crippen molar-refractivity contribution in [3.05, 3.63) is 29.8 Å². The molecule has 0 spiro atoms. The summed E-state index contributed by atoms with van der Waals surface area (Å²) in [6, 6.07) is 8.66. The van der Waals surface area contributed by atoms with Gasteiger partial charge in [0.05, 0.1) is 6.54 Å². The molecule has 1 unspecified atom stereocenters. The highest BCUT2D eigenvalue weighted by molar-refractivity contribution is 5.82. The van der Waals surface area contributed by atoms with Gasteiger partial charge in [-0.2, -0.15) is 0 Å². The van der Waals surface area contributed by atoms with E-state index in [0.717, 1.165) is 37.1 Å². The van der Waals surface area contributed by atoms with Crippen molar-refractivity contribution in [2.24, 2.45) is 5.73 Å². The molecular weight excluding hydrogens is 262 g/mol. The molecule has 3 N–H and O–H groups in total. The third-order valence-corrected chi connectivity index (χ3v) is 4.69. The van der Waals surface area contributed by atoms with Gasteiger partial charge in [-0.05, 0) is 30.9 Å². The standard InChI is InChI=1S/C17H25N3O/c18-15-10-11-20(16-9-5-4-8-14(15)16)12-17(21)19-13-6-2-1-3-7-13/h4-5,8-9,13,15H,1-3,6-7,10-12,18H2,(H,19,21). The van der Waals surface area contributed by atoms with E-state index in [-0.39, 0.29) is 11.9 Å². The lowest BCUT2D eigenvalue weighted by atomic mass is 9.95. The van der Waals surface area contributed by atoms with E-state index < -0.39 is 0 Å². The van der Waals surface area contributed by atoms with Gasteiger partial charge in [0.15, 0.2) is 0 Å². The molecular formula is C17H25N3O. The summed E-state index contributed by atoms with van der Waals surface area (Å²) in [5, 5.41) is 3.20. The lowest BCUT2D eigenvalue weighted by Gasteiger charge is -2.34. The zero-order valence-corrected chi connectivity index (χ0v) is 12.6. The number of hydrogen-bond acceptors (Lipinski definition) is 3. The van der Waals surface area contributed by atoms with Crippen LogP contribution in [0.15, 0.2) is 24.3 Å². The molecule has 4 nitrogen and oxygen atoms in total. The smallest absolute Gasteiger partial charge is 0.239 e. The van der Waals surface area contributed by atoms with E-state index in [0.29, 0.717) is 12.6 Å². The fraction of sp³-hybridized carbons (Fsp3) is 0.588. The molecule has 0 saturated heterocycles. The van der Waals surface area contributed by atoms with E-state index >= 15 is 0 Å². The minimum atomic E-state index is 0.0962. The second-order valence-electron chi connectivity index (χ2n) is 6.28. The van der Waals surface area contributed by atoms with Crippen LogP contribution in [0.2, 0.25) is 0 Å². The molecule has 114 valence electrons. The number of nitrogens with zero attached hydrogens (tertiary/aromatic N) is 1. The summed E-state index contributed by atoms with van der Waals surface area (Å²) in [5.74, 6) is 0.146. The van der Waals surface area contributed by atoms with Crippen molar-refractivity contribution in [3.8, 4) is 0 Å². The summed E-state index contributed by atoms with van der Waals surface area (Å²) >= 11 is 0. The number of fused-ring (bicyclic) bond motifs is 1. The molecule has 2 aliphatic rings. The number of rotatable bonds is 3. The van der Waals surface area contributed by atoms with Crippen LogP contribution in [0, 0.1) is 0 Å². The highest BCUT2D eigenvalue weighted by Crippen LogP contribution is 2.31. The molecule has 1 amide bonds. The Bertz CT molecular complexity index is 497. The minimum absolute atomic E-state index is 0.0962. The molecule has 1 fully saturated rings. The zero-order chi connectivity index (χ0) is 14.7. The topological polar surface area (TPSA) is 58.4 Å². The average Bonchev–Trinajstić information content (AvgIpc) is 2.51. The number of nitrogens with one attached hydrogen (secondary N) is 1. The molecule has 1 aromatic rings. The van der Waals surface area contributed by atoms with Crippen LogP contribution in [0.1, 0.15) is 50.1 Å². The number of anilines is 1. The molecule has 1 aliphatic carbocycles. The van der Waals surface area contributed by atoms with E-state index in [4.69, 9.17) is 5.73 Å². The monoisotopic (exact) mass is 287 g/mol. The minimum Gasteiger partial charge on any atom is -0.362 e. The van der Waals surface area contributed by atoms with Crippen molar-refractivity contribution in [2.75, 3.05) is 18.0 Å². The normalized spacial score (nSPS) is 22.7. The molecule has 1 saturated carbocycles. The van der Waals surface area contributed by atoms with E-state index in [9.17, 15) is 4.79 Å². The van der Waals surface area contributed by atoms with Gasteiger partial charge in [-0.15, -0.1) is 0 Å². The Morgan fingerprint density at radius 2 is 1.95 bits per heavy atom. The van der Waals surface area contributed by atoms with Gasteiger partial charge in [0.2, 0.25) is 5.91 Å². The first kappa shape index (κ1) is 14.4. The number of benzene rings is 1. The highest BCUT2D eigenvalue weighted by atomic mass is 16.2. The maximum absolute atomic E-state index is 12.3. The largest absolute Gasteiger partial charge is 0.362 e. The van der Waals surface area contributed by atoms with Crippen LogP contribution < -0.4 is 16.0 Å². The number of amides is 1. The summed E-state index contributed by atoms with van der Waals surface area (Å²) in [4.78, 5) is 14.5. The lowest BCUT2D eigenvalue weighted by Crippen LogP contribution is -2.45. The van der Waals surface area contributed by atoms with E-state index in [1.165, 1.54) is 19.3 Å². The van der Waals surface area contributed by atoms with Gasteiger partial charge >= 0.3 is 0 Å².